The van der Waals surface area contributed by atoms with E-state index in [2.05, 4.69) is 0 Å². The average molecular weight is 278 g/mol. The maximum Gasteiger partial charge on any atom is 0.125 e. The van der Waals surface area contributed by atoms with Gasteiger partial charge < -0.3 is 15.6 Å². The van der Waals surface area contributed by atoms with Crippen LogP contribution in [0.15, 0.2) is 36.4 Å². The highest BCUT2D eigenvalue weighted by Crippen LogP contribution is 2.34. The SMILES string of the molecule is COc1cc(C)ccc1[C@@H](O)c1cc(Cl)ccc1N. The lowest BCUT2D eigenvalue weighted by atomic mass is 9.98. The number of hydrogen-bond acceptors (Lipinski definition) is 3. The summed E-state index contributed by atoms with van der Waals surface area (Å²) in [4.78, 5) is 0. The Bertz CT molecular complexity index is 599. The maximum absolute atomic E-state index is 10.5. The number of ether oxygens (including phenoxy) is 1. The number of methoxy groups -OCH3 is 1. The summed E-state index contributed by atoms with van der Waals surface area (Å²) in [5.74, 6) is 0.631. The number of anilines is 1. The molecule has 100 valence electrons. The molecule has 3 N–H and O–H groups in total. The van der Waals surface area contributed by atoms with Gasteiger partial charge in [0, 0.05) is 21.8 Å². The first-order valence-electron chi connectivity index (χ1n) is 5.90. The van der Waals surface area contributed by atoms with Gasteiger partial charge in [0.2, 0.25) is 0 Å². The molecule has 0 aliphatic carbocycles. The van der Waals surface area contributed by atoms with Crippen molar-refractivity contribution >= 4 is 17.3 Å². The summed E-state index contributed by atoms with van der Waals surface area (Å²) in [6.45, 7) is 1.96. The minimum Gasteiger partial charge on any atom is -0.496 e. The zero-order chi connectivity index (χ0) is 14.0. The van der Waals surface area contributed by atoms with Gasteiger partial charge in [0.25, 0.3) is 0 Å². The monoisotopic (exact) mass is 277 g/mol. The number of aryl methyl sites for hydroxylation is 1. The first-order chi connectivity index (χ1) is 9.02. The van der Waals surface area contributed by atoms with Gasteiger partial charge in [-0.25, -0.2) is 0 Å². The fourth-order valence-electron chi connectivity index (χ4n) is 1.99. The van der Waals surface area contributed by atoms with E-state index in [1.54, 1.807) is 25.3 Å². The average Bonchev–Trinajstić information content (AvgIpc) is 2.40. The van der Waals surface area contributed by atoms with Crippen molar-refractivity contribution < 1.29 is 9.84 Å². The van der Waals surface area contributed by atoms with Gasteiger partial charge in [0.1, 0.15) is 11.9 Å². The van der Waals surface area contributed by atoms with Crippen LogP contribution in [0.3, 0.4) is 0 Å². The molecule has 0 aromatic heterocycles. The molecule has 0 bridgehead atoms. The lowest BCUT2D eigenvalue weighted by Crippen LogP contribution is -2.05. The molecule has 1 atom stereocenters. The largest absolute Gasteiger partial charge is 0.496 e. The number of aliphatic hydroxyl groups excluding tert-OH is 1. The van der Waals surface area contributed by atoms with Crippen LogP contribution in [-0.2, 0) is 0 Å². The van der Waals surface area contributed by atoms with Gasteiger partial charge in [-0.15, -0.1) is 0 Å². The van der Waals surface area contributed by atoms with E-state index in [-0.39, 0.29) is 0 Å². The van der Waals surface area contributed by atoms with E-state index in [9.17, 15) is 5.11 Å². The Morgan fingerprint density at radius 1 is 1.16 bits per heavy atom. The molecule has 0 aliphatic heterocycles. The predicted molar refractivity (Wildman–Crippen MR) is 77.7 cm³/mol. The molecular weight excluding hydrogens is 262 g/mol. The number of nitrogens with two attached hydrogens (primary N) is 1. The summed E-state index contributed by atoms with van der Waals surface area (Å²) < 4.78 is 5.31. The van der Waals surface area contributed by atoms with E-state index in [1.807, 2.05) is 25.1 Å². The Labute approximate surface area is 117 Å². The van der Waals surface area contributed by atoms with Crippen molar-refractivity contribution in [2.75, 3.05) is 12.8 Å². The zero-order valence-corrected chi connectivity index (χ0v) is 11.6. The van der Waals surface area contributed by atoms with E-state index in [1.165, 1.54) is 0 Å². The first-order valence-corrected chi connectivity index (χ1v) is 6.28. The van der Waals surface area contributed by atoms with Crippen LogP contribution in [0.4, 0.5) is 5.69 Å². The summed E-state index contributed by atoms with van der Waals surface area (Å²) >= 11 is 5.95. The molecule has 19 heavy (non-hydrogen) atoms. The molecule has 0 heterocycles. The number of hydrogen-bond donors (Lipinski definition) is 2. The summed E-state index contributed by atoms with van der Waals surface area (Å²) in [5, 5.41) is 11.0. The third-order valence-electron chi connectivity index (χ3n) is 3.03. The van der Waals surface area contributed by atoms with Crippen LogP contribution in [0.1, 0.15) is 22.8 Å². The van der Waals surface area contributed by atoms with Crippen molar-refractivity contribution in [2.24, 2.45) is 0 Å². The molecule has 2 rings (SSSR count). The normalized spacial score (nSPS) is 12.2. The van der Waals surface area contributed by atoms with Crippen LogP contribution >= 0.6 is 11.6 Å². The van der Waals surface area contributed by atoms with Crippen molar-refractivity contribution in [3.63, 3.8) is 0 Å². The van der Waals surface area contributed by atoms with Gasteiger partial charge in [-0.2, -0.15) is 0 Å². The van der Waals surface area contributed by atoms with Crippen molar-refractivity contribution in [1.29, 1.82) is 0 Å². The molecule has 0 saturated heterocycles. The molecule has 0 saturated carbocycles. The fraction of sp³-hybridized carbons (Fsp3) is 0.200. The highest BCUT2D eigenvalue weighted by Gasteiger charge is 2.18. The smallest absolute Gasteiger partial charge is 0.125 e. The second-order valence-corrected chi connectivity index (χ2v) is 4.86. The van der Waals surface area contributed by atoms with E-state index < -0.39 is 6.10 Å². The number of aliphatic hydroxyl groups is 1. The summed E-state index contributed by atoms with van der Waals surface area (Å²) in [6, 6.07) is 10.7. The minimum absolute atomic E-state index is 0.500. The van der Waals surface area contributed by atoms with Gasteiger partial charge in [-0.1, -0.05) is 23.7 Å². The Hall–Kier alpha value is -1.71. The van der Waals surface area contributed by atoms with Crippen molar-refractivity contribution in [3.8, 4) is 5.75 Å². The lowest BCUT2D eigenvalue weighted by Gasteiger charge is -2.17. The fourth-order valence-corrected chi connectivity index (χ4v) is 2.17. The quantitative estimate of drug-likeness (QED) is 0.846. The third kappa shape index (κ3) is 2.83. The molecule has 2 aromatic carbocycles. The molecule has 0 spiro atoms. The number of nitrogen functional groups attached to an aromatic ring is 1. The number of benzene rings is 2. The zero-order valence-electron chi connectivity index (χ0n) is 10.9. The first kappa shape index (κ1) is 13.7. The third-order valence-corrected chi connectivity index (χ3v) is 3.26. The second kappa shape index (κ2) is 5.51. The van der Waals surface area contributed by atoms with Crippen LogP contribution in [0.5, 0.6) is 5.75 Å². The highest BCUT2D eigenvalue weighted by molar-refractivity contribution is 6.30. The molecule has 0 aliphatic rings. The maximum atomic E-state index is 10.5. The Morgan fingerprint density at radius 2 is 1.89 bits per heavy atom. The minimum atomic E-state index is -0.866. The topological polar surface area (TPSA) is 55.5 Å². The second-order valence-electron chi connectivity index (χ2n) is 4.42. The molecule has 2 aromatic rings. The van der Waals surface area contributed by atoms with E-state index >= 15 is 0 Å². The van der Waals surface area contributed by atoms with E-state index in [0.717, 1.165) is 5.56 Å². The molecule has 0 radical (unpaired) electrons. The van der Waals surface area contributed by atoms with E-state index in [0.29, 0.717) is 27.6 Å². The summed E-state index contributed by atoms with van der Waals surface area (Å²) in [6.07, 6.45) is -0.866. The molecular formula is C15H16ClNO2. The van der Waals surface area contributed by atoms with E-state index in [4.69, 9.17) is 22.1 Å². The lowest BCUT2D eigenvalue weighted by molar-refractivity contribution is 0.215. The number of halogens is 1. The van der Waals surface area contributed by atoms with Crippen LogP contribution < -0.4 is 10.5 Å². The van der Waals surface area contributed by atoms with Crippen LogP contribution in [0, 0.1) is 6.92 Å². The van der Waals surface area contributed by atoms with Crippen LogP contribution in [-0.4, -0.2) is 12.2 Å². The standard InChI is InChI=1S/C15H16ClNO2/c1-9-3-5-11(14(7-9)19-2)15(18)12-8-10(16)4-6-13(12)17/h3-8,15,18H,17H2,1-2H3/t15-/m1/s1. The van der Waals surface area contributed by atoms with Crippen molar-refractivity contribution in [2.45, 2.75) is 13.0 Å². The number of rotatable bonds is 3. The van der Waals surface area contributed by atoms with Gasteiger partial charge in [0.05, 0.1) is 7.11 Å². The molecule has 0 amide bonds. The van der Waals surface area contributed by atoms with Gasteiger partial charge in [-0.3, -0.25) is 0 Å². The highest BCUT2D eigenvalue weighted by atomic mass is 35.5. The van der Waals surface area contributed by atoms with Crippen molar-refractivity contribution in [3.05, 3.63) is 58.1 Å². The molecule has 0 unspecified atom stereocenters. The van der Waals surface area contributed by atoms with Crippen LogP contribution in [0.25, 0.3) is 0 Å². The predicted octanol–water partition coefficient (Wildman–Crippen LogP) is 3.32. The van der Waals surface area contributed by atoms with Crippen LogP contribution in [0.2, 0.25) is 5.02 Å². The molecule has 0 fully saturated rings. The summed E-state index contributed by atoms with van der Waals surface area (Å²) in [7, 11) is 1.58. The summed E-state index contributed by atoms with van der Waals surface area (Å²) in [5.41, 5.74) is 8.70. The van der Waals surface area contributed by atoms with Crippen molar-refractivity contribution in [1.82, 2.24) is 0 Å². The van der Waals surface area contributed by atoms with Gasteiger partial charge >= 0.3 is 0 Å². The van der Waals surface area contributed by atoms with Gasteiger partial charge in [0.15, 0.2) is 0 Å². The van der Waals surface area contributed by atoms with Gasteiger partial charge in [-0.05, 0) is 36.8 Å². The Balaban J connectivity index is 2.49. The molecule has 4 heteroatoms. The Morgan fingerprint density at radius 3 is 2.58 bits per heavy atom. The Kier molecular flexibility index (Phi) is 3.98. The molecule has 3 nitrogen and oxygen atoms in total.